The fourth-order valence-electron chi connectivity index (χ4n) is 5.16. The molecule has 0 aliphatic heterocycles. The van der Waals surface area contributed by atoms with E-state index in [0.29, 0.717) is 5.65 Å². The highest BCUT2D eigenvalue weighted by atomic mass is 32.2. The van der Waals surface area contributed by atoms with Gasteiger partial charge in [0.2, 0.25) is 0 Å². The number of aryl methyl sites for hydroxylation is 1. The lowest BCUT2D eigenvalue weighted by molar-refractivity contribution is 0.164. The summed E-state index contributed by atoms with van der Waals surface area (Å²) < 4.78 is 30.0. The number of hydrogen-bond acceptors (Lipinski definition) is 5. The van der Waals surface area contributed by atoms with E-state index < -0.39 is 10.0 Å². The molecule has 1 saturated carbocycles. The minimum atomic E-state index is -3.77. The summed E-state index contributed by atoms with van der Waals surface area (Å²) in [6.45, 7) is 1.98. The summed E-state index contributed by atoms with van der Waals surface area (Å²) in [5.41, 5.74) is 2.06. The van der Waals surface area contributed by atoms with E-state index in [-0.39, 0.29) is 23.0 Å². The van der Waals surface area contributed by atoms with Crippen LogP contribution in [-0.2, 0) is 10.0 Å². The molecule has 9 nitrogen and oxygen atoms in total. The normalized spacial score (nSPS) is 18.9. The van der Waals surface area contributed by atoms with E-state index in [1.54, 1.807) is 54.7 Å². The van der Waals surface area contributed by atoms with Gasteiger partial charge >= 0.3 is 6.03 Å². The average Bonchev–Trinajstić information content (AvgIpc) is 3.44. The Kier molecular flexibility index (Phi) is 5.55. The number of aromatic nitrogens is 4. The summed E-state index contributed by atoms with van der Waals surface area (Å²) in [5, 5.41) is 3.46. The zero-order valence-corrected chi connectivity index (χ0v) is 20.3. The number of carbonyl (C=O) groups is 1. The smallest absolute Gasteiger partial charge is 0.317 e. The van der Waals surface area contributed by atoms with E-state index >= 15 is 0 Å². The van der Waals surface area contributed by atoms with Crippen LogP contribution in [0.1, 0.15) is 37.5 Å². The molecule has 1 N–H and O–H groups in total. The van der Waals surface area contributed by atoms with Crippen molar-refractivity contribution < 1.29 is 13.2 Å². The fraction of sp³-hybridized carbons (Fsp3) is 0.375. The zero-order valence-electron chi connectivity index (χ0n) is 19.5. The summed E-state index contributed by atoms with van der Waals surface area (Å²) in [6.07, 6.45) is 6.83. The Balaban J connectivity index is 1.54. The largest absolute Gasteiger partial charge is 0.341 e. The van der Waals surface area contributed by atoms with E-state index in [2.05, 4.69) is 14.9 Å². The van der Waals surface area contributed by atoms with Crippen LogP contribution in [0.4, 0.5) is 4.79 Å². The molecule has 1 aromatic carbocycles. The first-order valence-electron chi connectivity index (χ1n) is 11.4. The van der Waals surface area contributed by atoms with Crippen LogP contribution in [0, 0.1) is 6.92 Å². The molecule has 1 aliphatic rings. The van der Waals surface area contributed by atoms with E-state index in [9.17, 15) is 13.2 Å². The summed E-state index contributed by atoms with van der Waals surface area (Å²) in [4.78, 5) is 23.2. The maximum atomic E-state index is 13.3. The van der Waals surface area contributed by atoms with Gasteiger partial charge in [-0.05, 0) is 50.8 Å². The van der Waals surface area contributed by atoms with Gasteiger partial charge in [0.05, 0.1) is 16.6 Å². The van der Waals surface area contributed by atoms with Crippen LogP contribution in [0.5, 0.6) is 0 Å². The first kappa shape index (κ1) is 22.4. The third-order valence-corrected chi connectivity index (χ3v) is 8.60. The van der Waals surface area contributed by atoms with Crippen LogP contribution in [0.2, 0.25) is 0 Å². The second-order valence-corrected chi connectivity index (χ2v) is 10.6. The summed E-state index contributed by atoms with van der Waals surface area (Å²) in [7, 11) is -0.280. The van der Waals surface area contributed by atoms with E-state index in [0.717, 1.165) is 47.9 Å². The number of imidazole rings is 1. The second kappa shape index (κ2) is 8.43. The number of amides is 2. The number of urea groups is 1. The number of hydrogen-bond donors (Lipinski definition) is 1. The Morgan fingerprint density at radius 2 is 1.82 bits per heavy atom. The van der Waals surface area contributed by atoms with Crippen molar-refractivity contribution in [3.8, 4) is 0 Å². The van der Waals surface area contributed by atoms with E-state index in [1.165, 1.54) is 3.97 Å². The van der Waals surface area contributed by atoms with Gasteiger partial charge in [-0.25, -0.2) is 27.2 Å². The lowest BCUT2D eigenvalue weighted by atomic mass is 9.90. The van der Waals surface area contributed by atoms with Crippen LogP contribution in [-0.4, -0.2) is 58.0 Å². The number of benzene rings is 1. The Labute approximate surface area is 198 Å². The molecule has 0 unspecified atom stereocenters. The Bertz CT molecular complexity index is 1470. The van der Waals surface area contributed by atoms with Gasteiger partial charge in [-0.1, -0.05) is 18.2 Å². The number of fused-ring (bicyclic) bond motifs is 3. The van der Waals surface area contributed by atoms with Gasteiger partial charge in [0.1, 0.15) is 11.3 Å². The van der Waals surface area contributed by atoms with Crippen LogP contribution in [0.15, 0.2) is 53.7 Å². The van der Waals surface area contributed by atoms with Gasteiger partial charge in [0.25, 0.3) is 10.0 Å². The monoisotopic (exact) mass is 480 g/mol. The Hall–Kier alpha value is -3.40. The second-order valence-electron chi connectivity index (χ2n) is 8.82. The molecule has 10 heteroatoms. The zero-order chi connectivity index (χ0) is 24.0. The van der Waals surface area contributed by atoms with Gasteiger partial charge in [-0.15, -0.1) is 0 Å². The first-order valence-corrected chi connectivity index (χ1v) is 12.9. The topological polar surface area (TPSA) is 102 Å². The van der Waals surface area contributed by atoms with Crippen molar-refractivity contribution in [3.05, 3.63) is 54.6 Å². The summed E-state index contributed by atoms with van der Waals surface area (Å²) >= 11 is 0. The van der Waals surface area contributed by atoms with Crippen LogP contribution < -0.4 is 5.32 Å². The lowest BCUT2D eigenvalue weighted by Crippen LogP contribution is -2.44. The third kappa shape index (κ3) is 3.53. The van der Waals surface area contributed by atoms with Crippen molar-refractivity contribution in [2.24, 2.45) is 0 Å². The van der Waals surface area contributed by atoms with Crippen molar-refractivity contribution in [2.75, 3.05) is 14.1 Å². The summed E-state index contributed by atoms with van der Waals surface area (Å²) in [6, 6.07) is 10.5. The number of rotatable bonds is 4. The molecule has 4 aromatic rings. The Morgan fingerprint density at radius 1 is 1.12 bits per heavy atom. The standard InChI is InChI=1S/C24H28N6O3S/c1-16-27-21-15-26-23-20(13-14-29(23)34(32,33)19-7-5-4-6-8-19)22(21)30(16)18-11-9-17(10-12-18)28(3)24(31)25-2/h4-8,13-15,17-18H,9-12H2,1-3H3,(H,25,31). The molecule has 5 rings (SSSR count). The molecule has 0 spiro atoms. The molecule has 3 aromatic heterocycles. The fourth-order valence-corrected chi connectivity index (χ4v) is 6.48. The lowest BCUT2D eigenvalue weighted by Gasteiger charge is -2.35. The predicted octanol–water partition coefficient (Wildman–Crippen LogP) is 3.69. The van der Waals surface area contributed by atoms with Gasteiger partial charge < -0.3 is 14.8 Å². The van der Waals surface area contributed by atoms with Gasteiger partial charge in [-0.3, -0.25) is 0 Å². The highest BCUT2D eigenvalue weighted by Gasteiger charge is 2.30. The highest BCUT2D eigenvalue weighted by molar-refractivity contribution is 7.90. The molecule has 178 valence electrons. The van der Waals surface area contributed by atoms with Crippen LogP contribution in [0.3, 0.4) is 0 Å². The quantitative estimate of drug-likeness (QED) is 0.480. The van der Waals surface area contributed by atoms with Gasteiger partial charge in [0.15, 0.2) is 5.65 Å². The van der Waals surface area contributed by atoms with Crippen molar-refractivity contribution >= 4 is 38.1 Å². The van der Waals surface area contributed by atoms with Gasteiger partial charge in [0, 0.05) is 37.8 Å². The molecular weight excluding hydrogens is 452 g/mol. The number of nitrogens with one attached hydrogen (secondary N) is 1. The molecule has 0 atom stereocenters. The van der Waals surface area contributed by atoms with Crippen molar-refractivity contribution in [2.45, 2.75) is 49.6 Å². The predicted molar refractivity (Wildman–Crippen MR) is 130 cm³/mol. The SMILES string of the molecule is CNC(=O)N(C)C1CCC(n2c(C)nc3cnc4c(ccn4S(=O)(=O)c4ccccc4)c32)CC1. The van der Waals surface area contributed by atoms with Crippen molar-refractivity contribution in [1.29, 1.82) is 0 Å². The summed E-state index contributed by atoms with van der Waals surface area (Å²) in [5.74, 6) is 0.881. The minimum absolute atomic E-state index is 0.0681. The first-order chi connectivity index (χ1) is 16.3. The maximum Gasteiger partial charge on any atom is 0.317 e. The number of carbonyl (C=O) groups excluding carboxylic acids is 1. The molecule has 34 heavy (non-hydrogen) atoms. The molecule has 3 heterocycles. The number of nitrogens with zero attached hydrogens (tertiary/aromatic N) is 5. The van der Waals surface area contributed by atoms with E-state index in [1.807, 2.05) is 20.0 Å². The average molecular weight is 481 g/mol. The van der Waals surface area contributed by atoms with Crippen LogP contribution in [0.25, 0.3) is 22.1 Å². The van der Waals surface area contributed by atoms with Crippen molar-refractivity contribution in [3.63, 3.8) is 0 Å². The van der Waals surface area contributed by atoms with Gasteiger partial charge in [-0.2, -0.15) is 0 Å². The molecule has 2 amide bonds. The molecule has 0 bridgehead atoms. The molecule has 1 aliphatic carbocycles. The molecular formula is C24H28N6O3S. The molecule has 0 saturated heterocycles. The maximum absolute atomic E-state index is 13.3. The van der Waals surface area contributed by atoms with Crippen LogP contribution >= 0.6 is 0 Å². The number of pyridine rings is 1. The molecule has 0 radical (unpaired) electrons. The van der Waals surface area contributed by atoms with E-state index in [4.69, 9.17) is 4.98 Å². The Morgan fingerprint density at radius 3 is 2.50 bits per heavy atom. The minimum Gasteiger partial charge on any atom is -0.341 e. The third-order valence-electron chi connectivity index (χ3n) is 6.92. The highest BCUT2D eigenvalue weighted by Crippen LogP contribution is 2.36. The van der Waals surface area contributed by atoms with Crippen molar-refractivity contribution in [1.82, 2.24) is 28.7 Å². The molecule has 1 fully saturated rings.